The van der Waals surface area contributed by atoms with Crippen molar-refractivity contribution in [1.82, 2.24) is 15.6 Å². The first-order valence-corrected chi connectivity index (χ1v) is 12.7. The lowest BCUT2D eigenvalue weighted by Crippen LogP contribution is -2.19. The predicted molar refractivity (Wildman–Crippen MR) is 147 cm³/mol. The van der Waals surface area contributed by atoms with Gasteiger partial charge in [0.05, 0.1) is 19.7 Å². The van der Waals surface area contributed by atoms with E-state index in [0.29, 0.717) is 27.2 Å². The summed E-state index contributed by atoms with van der Waals surface area (Å²) in [6.45, 7) is 3.83. The average molecular weight is 530 g/mol. The summed E-state index contributed by atoms with van der Waals surface area (Å²) in [4.78, 5) is 24.8. The highest BCUT2D eigenvalue weighted by Crippen LogP contribution is 2.31. The van der Waals surface area contributed by atoms with Crippen molar-refractivity contribution in [3.05, 3.63) is 100 Å². The Labute approximate surface area is 224 Å². The summed E-state index contributed by atoms with van der Waals surface area (Å²) in [7, 11) is 1.57. The number of carbonyl (C=O) groups is 2. The number of methoxy groups -OCH3 is 1. The van der Waals surface area contributed by atoms with Crippen molar-refractivity contribution in [3.63, 3.8) is 0 Å². The molecule has 10 heteroatoms. The number of carbonyl (C=O) groups excluding carboxylic acids is 2. The van der Waals surface area contributed by atoms with Gasteiger partial charge >= 0.3 is 0 Å². The second-order valence-corrected chi connectivity index (χ2v) is 9.38. The molecular formula is C28H27N5O4S. The van der Waals surface area contributed by atoms with Crippen molar-refractivity contribution in [3.8, 4) is 11.5 Å². The van der Waals surface area contributed by atoms with Crippen LogP contribution >= 0.6 is 11.3 Å². The second-order valence-electron chi connectivity index (χ2n) is 8.32. The first-order chi connectivity index (χ1) is 18.4. The molecule has 1 heterocycles. The van der Waals surface area contributed by atoms with Crippen LogP contribution in [-0.2, 0) is 11.2 Å². The molecule has 4 aromatic rings. The number of hydrazone groups is 1. The maximum Gasteiger partial charge on any atom is 0.257 e. The Bertz CT molecular complexity index is 1440. The number of benzene rings is 3. The van der Waals surface area contributed by atoms with Crippen molar-refractivity contribution in [2.24, 2.45) is 5.10 Å². The Balaban J connectivity index is 1.30. The lowest BCUT2D eigenvalue weighted by Gasteiger charge is -2.17. The molecule has 0 saturated carbocycles. The summed E-state index contributed by atoms with van der Waals surface area (Å²) >= 11 is 1.13. The van der Waals surface area contributed by atoms with Gasteiger partial charge in [0.1, 0.15) is 11.1 Å². The predicted octanol–water partition coefficient (Wildman–Crippen LogP) is 4.94. The molecule has 0 aliphatic carbocycles. The lowest BCUT2D eigenvalue weighted by atomic mass is 10.1. The topological polar surface area (TPSA) is 115 Å². The highest BCUT2D eigenvalue weighted by molar-refractivity contribution is 7.15. The van der Waals surface area contributed by atoms with E-state index in [-0.39, 0.29) is 24.3 Å². The van der Waals surface area contributed by atoms with Crippen LogP contribution in [0.15, 0.2) is 77.9 Å². The molecule has 0 spiro atoms. The fourth-order valence-electron chi connectivity index (χ4n) is 3.57. The minimum absolute atomic E-state index is 0.0251. The molecule has 194 valence electrons. The number of rotatable bonds is 10. The maximum absolute atomic E-state index is 12.4. The molecule has 1 atom stereocenters. The zero-order valence-corrected chi connectivity index (χ0v) is 22.0. The van der Waals surface area contributed by atoms with E-state index in [1.165, 1.54) is 6.21 Å². The van der Waals surface area contributed by atoms with Crippen LogP contribution in [-0.4, -0.2) is 35.3 Å². The minimum Gasteiger partial charge on any atom is -0.493 e. The Hall–Kier alpha value is -4.57. The zero-order chi connectivity index (χ0) is 26.9. The number of anilines is 1. The van der Waals surface area contributed by atoms with Crippen LogP contribution in [0.5, 0.6) is 11.5 Å². The highest BCUT2D eigenvalue weighted by atomic mass is 32.1. The molecule has 0 fully saturated rings. The standard InChI is InChI=1S/C28H27N5O4S/c1-18-9-7-8-12-22(18)27(35)30-28-33-32-26(38-28)16-25(34)31-29-17-20-13-14-23(24(15-20)36-3)37-19(2)21-10-5-4-6-11-21/h4-15,17,19H,16H2,1-3H3,(H,31,34)(H,30,33,35)/b29-17-. The number of amides is 2. The summed E-state index contributed by atoms with van der Waals surface area (Å²) in [5.41, 5.74) is 5.66. The number of ether oxygens (including phenoxy) is 2. The summed E-state index contributed by atoms with van der Waals surface area (Å²) in [5, 5.41) is 15.4. The fourth-order valence-corrected chi connectivity index (χ4v) is 4.30. The van der Waals surface area contributed by atoms with E-state index in [9.17, 15) is 9.59 Å². The molecule has 0 aliphatic rings. The van der Waals surface area contributed by atoms with Crippen molar-refractivity contribution < 1.29 is 19.1 Å². The van der Waals surface area contributed by atoms with E-state index < -0.39 is 0 Å². The van der Waals surface area contributed by atoms with Gasteiger partial charge in [0.2, 0.25) is 11.0 Å². The first kappa shape index (κ1) is 26.5. The van der Waals surface area contributed by atoms with Gasteiger partial charge in [-0.15, -0.1) is 10.2 Å². The van der Waals surface area contributed by atoms with Crippen LogP contribution < -0.4 is 20.2 Å². The molecule has 1 unspecified atom stereocenters. The molecular weight excluding hydrogens is 502 g/mol. The van der Waals surface area contributed by atoms with Crippen LogP contribution in [0.1, 0.15) is 45.1 Å². The summed E-state index contributed by atoms with van der Waals surface area (Å²) in [6.07, 6.45) is 1.34. The molecule has 3 aromatic carbocycles. The quantitative estimate of drug-likeness (QED) is 0.222. The molecule has 38 heavy (non-hydrogen) atoms. The molecule has 0 bridgehead atoms. The number of hydrogen-bond donors (Lipinski definition) is 2. The third kappa shape index (κ3) is 7.01. The van der Waals surface area contributed by atoms with Crippen LogP contribution in [0, 0.1) is 6.92 Å². The smallest absolute Gasteiger partial charge is 0.257 e. The van der Waals surface area contributed by atoms with Gasteiger partial charge in [-0.3, -0.25) is 14.9 Å². The third-order valence-electron chi connectivity index (χ3n) is 5.55. The highest BCUT2D eigenvalue weighted by Gasteiger charge is 2.14. The van der Waals surface area contributed by atoms with Crippen LogP contribution in [0.2, 0.25) is 0 Å². The van der Waals surface area contributed by atoms with Crippen molar-refractivity contribution in [2.45, 2.75) is 26.4 Å². The van der Waals surface area contributed by atoms with Gasteiger partial charge in [-0.25, -0.2) is 5.43 Å². The van der Waals surface area contributed by atoms with Gasteiger partial charge < -0.3 is 9.47 Å². The Morgan fingerprint density at radius 2 is 1.79 bits per heavy atom. The second kappa shape index (κ2) is 12.6. The number of hydrogen-bond acceptors (Lipinski definition) is 8. The van der Waals surface area contributed by atoms with Crippen LogP contribution in [0.25, 0.3) is 0 Å². The van der Waals surface area contributed by atoms with Gasteiger partial charge in [0.25, 0.3) is 5.91 Å². The normalized spacial score (nSPS) is 11.7. The number of nitrogens with one attached hydrogen (secondary N) is 2. The molecule has 9 nitrogen and oxygen atoms in total. The molecule has 2 amide bonds. The van der Waals surface area contributed by atoms with E-state index in [0.717, 1.165) is 28.0 Å². The van der Waals surface area contributed by atoms with Crippen molar-refractivity contribution in [2.75, 3.05) is 12.4 Å². The Morgan fingerprint density at radius 3 is 2.55 bits per heavy atom. The third-order valence-corrected chi connectivity index (χ3v) is 6.39. The van der Waals surface area contributed by atoms with Crippen molar-refractivity contribution in [1.29, 1.82) is 0 Å². The van der Waals surface area contributed by atoms with E-state index in [2.05, 4.69) is 26.0 Å². The van der Waals surface area contributed by atoms with Crippen LogP contribution in [0.3, 0.4) is 0 Å². The molecule has 1 aromatic heterocycles. The minimum atomic E-state index is -0.363. The number of aromatic nitrogens is 2. The Morgan fingerprint density at radius 1 is 1.03 bits per heavy atom. The van der Waals surface area contributed by atoms with Gasteiger partial charge in [-0.1, -0.05) is 59.9 Å². The summed E-state index contributed by atoms with van der Waals surface area (Å²) in [6, 6.07) is 22.6. The van der Waals surface area contributed by atoms with E-state index >= 15 is 0 Å². The molecule has 0 radical (unpaired) electrons. The molecule has 0 aliphatic heterocycles. The molecule has 4 rings (SSSR count). The maximum atomic E-state index is 12.4. The van der Waals surface area contributed by atoms with Gasteiger partial charge in [-0.05, 0) is 54.8 Å². The zero-order valence-electron chi connectivity index (χ0n) is 21.2. The molecule has 2 N–H and O–H groups in total. The average Bonchev–Trinajstić information content (AvgIpc) is 3.36. The Kier molecular flexibility index (Phi) is 8.78. The van der Waals surface area contributed by atoms with Gasteiger partial charge in [0, 0.05) is 5.56 Å². The summed E-state index contributed by atoms with van der Waals surface area (Å²) < 4.78 is 11.5. The van der Waals surface area contributed by atoms with Gasteiger partial charge in [-0.2, -0.15) is 5.10 Å². The summed E-state index contributed by atoms with van der Waals surface area (Å²) in [5.74, 6) is 0.517. The van der Waals surface area contributed by atoms with E-state index in [4.69, 9.17) is 9.47 Å². The number of aryl methyl sites for hydroxylation is 1. The van der Waals surface area contributed by atoms with Gasteiger partial charge in [0.15, 0.2) is 11.5 Å². The van der Waals surface area contributed by atoms with E-state index in [1.807, 2.05) is 62.4 Å². The van der Waals surface area contributed by atoms with Crippen molar-refractivity contribution >= 4 is 34.5 Å². The SMILES string of the molecule is COc1cc(/C=N\NC(=O)Cc2nnc(NC(=O)c3ccccc3C)s2)ccc1OC(C)c1ccccc1. The lowest BCUT2D eigenvalue weighted by molar-refractivity contribution is -0.120. The van der Waals surface area contributed by atoms with Crippen LogP contribution in [0.4, 0.5) is 5.13 Å². The monoisotopic (exact) mass is 529 g/mol. The number of nitrogens with zero attached hydrogens (tertiary/aromatic N) is 3. The van der Waals surface area contributed by atoms with E-state index in [1.54, 1.807) is 31.4 Å². The molecule has 0 saturated heterocycles. The largest absolute Gasteiger partial charge is 0.493 e. The fraction of sp³-hybridized carbons (Fsp3) is 0.179. The first-order valence-electron chi connectivity index (χ1n) is 11.8.